The molecule has 2 rings (SSSR count). The molecule has 1 heterocycles. The molecule has 0 aliphatic carbocycles. The number of hydrogen-bond donors (Lipinski definition) is 1. The molecule has 1 fully saturated rings. The molecule has 0 spiro atoms. The Morgan fingerprint density at radius 3 is 2.29 bits per heavy atom. The van der Waals surface area contributed by atoms with Crippen LogP contribution < -0.4 is 5.73 Å². The number of hydrogen-bond acceptors (Lipinski definition) is 2. The second-order valence-corrected chi connectivity index (χ2v) is 4.36. The van der Waals surface area contributed by atoms with Gasteiger partial charge in [-0.25, -0.2) is 0 Å². The van der Waals surface area contributed by atoms with Gasteiger partial charge in [0.05, 0.1) is 0 Å². The van der Waals surface area contributed by atoms with Crippen molar-refractivity contribution < 1.29 is 0 Å². The normalized spacial score (nSPS) is 15.8. The molecule has 0 bridgehead atoms. The van der Waals surface area contributed by atoms with Crippen LogP contribution in [0.4, 0.5) is 0 Å². The first-order valence-corrected chi connectivity index (χ1v) is 5.89. The van der Waals surface area contributed by atoms with E-state index >= 15 is 0 Å². The lowest BCUT2D eigenvalue weighted by molar-refractivity contribution is 0.221. The topological polar surface area (TPSA) is 29.3 Å². The van der Waals surface area contributed by atoms with Crippen molar-refractivity contribution in [1.82, 2.24) is 4.90 Å². The molecule has 98 valence electrons. The zero-order valence-corrected chi connectivity index (χ0v) is 11.7. The fourth-order valence-corrected chi connectivity index (χ4v) is 2.23. The summed E-state index contributed by atoms with van der Waals surface area (Å²) < 4.78 is 0. The molecule has 2 N–H and O–H groups in total. The van der Waals surface area contributed by atoms with E-state index in [0.29, 0.717) is 6.54 Å². The summed E-state index contributed by atoms with van der Waals surface area (Å²) in [6.07, 6.45) is 4.12. The summed E-state index contributed by atoms with van der Waals surface area (Å²) in [7, 11) is 0. The molecule has 0 radical (unpaired) electrons. The van der Waals surface area contributed by atoms with Gasteiger partial charge in [0.1, 0.15) is 0 Å². The quantitative estimate of drug-likeness (QED) is 0.920. The summed E-state index contributed by atoms with van der Waals surface area (Å²) in [6, 6.07) is 8.64. The van der Waals surface area contributed by atoms with Crippen LogP contribution >= 0.6 is 24.8 Å². The van der Waals surface area contributed by atoms with E-state index in [4.69, 9.17) is 5.73 Å². The van der Waals surface area contributed by atoms with Crippen LogP contribution in [0.5, 0.6) is 0 Å². The Labute approximate surface area is 116 Å². The van der Waals surface area contributed by atoms with Gasteiger partial charge < -0.3 is 5.73 Å². The van der Waals surface area contributed by atoms with E-state index in [1.807, 2.05) is 0 Å². The van der Waals surface area contributed by atoms with Crippen LogP contribution in [-0.2, 0) is 13.1 Å². The average Bonchev–Trinajstić information content (AvgIpc) is 2.31. The lowest BCUT2D eigenvalue weighted by atomic mass is 10.1. The van der Waals surface area contributed by atoms with Crippen LogP contribution in [0.25, 0.3) is 0 Å². The van der Waals surface area contributed by atoms with Crippen LogP contribution in [0.15, 0.2) is 24.3 Å². The van der Waals surface area contributed by atoms with E-state index in [2.05, 4.69) is 29.2 Å². The van der Waals surface area contributed by atoms with Gasteiger partial charge in [0.25, 0.3) is 0 Å². The van der Waals surface area contributed by atoms with Crippen LogP contribution in [0.2, 0.25) is 0 Å². The summed E-state index contributed by atoms with van der Waals surface area (Å²) in [5.41, 5.74) is 8.28. The number of benzene rings is 1. The molecule has 0 saturated carbocycles. The minimum absolute atomic E-state index is 0. The number of likely N-dealkylation sites (tertiary alicyclic amines) is 1. The van der Waals surface area contributed by atoms with Crippen LogP contribution in [0.1, 0.15) is 30.4 Å². The van der Waals surface area contributed by atoms with Crippen LogP contribution in [-0.4, -0.2) is 18.0 Å². The number of halogens is 2. The number of rotatable bonds is 3. The minimum Gasteiger partial charge on any atom is -0.326 e. The van der Waals surface area contributed by atoms with Crippen molar-refractivity contribution in [3.8, 4) is 0 Å². The van der Waals surface area contributed by atoms with Gasteiger partial charge in [-0.2, -0.15) is 0 Å². The Kier molecular flexibility index (Phi) is 8.61. The van der Waals surface area contributed by atoms with Crippen molar-refractivity contribution in [2.45, 2.75) is 32.4 Å². The second kappa shape index (κ2) is 8.76. The van der Waals surface area contributed by atoms with Crippen molar-refractivity contribution in [2.75, 3.05) is 13.1 Å². The number of nitrogens with zero attached hydrogens (tertiary/aromatic N) is 1. The van der Waals surface area contributed by atoms with Gasteiger partial charge in [0.2, 0.25) is 0 Å². The highest BCUT2D eigenvalue weighted by molar-refractivity contribution is 5.85. The first-order valence-electron chi connectivity index (χ1n) is 5.89. The number of piperidine rings is 1. The fourth-order valence-electron chi connectivity index (χ4n) is 2.23. The summed E-state index contributed by atoms with van der Waals surface area (Å²) in [5.74, 6) is 0. The third-order valence-electron chi connectivity index (χ3n) is 3.08. The lowest BCUT2D eigenvalue weighted by Gasteiger charge is -2.26. The first-order chi connectivity index (χ1) is 7.38. The highest BCUT2D eigenvalue weighted by Crippen LogP contribution is 2.13. The molecule has 1 aromatic rings. The van der Waals surface area contributed by atoms with E-state index < -0.39 is 0 Å². The molecule has 0 aromatic heterocycles. The Morgan fingerprint density at radius 1 is 1.00 bits per heavy atom. The Morgan fingerprint density at radius 2 is 1.65 bits per heavy atom. The molecule has 2 nitrogen and oxygen atoms in total. The van der Waals surface area contributed by atoms with Crippen LogP contribution in [0, 0.1) is 0 Å². The zero-order chi connectivity index (χ0) is 10.5. The van der Waals surface area contributed by atoms with Crippen molar-refractivity contribution in [2.24, 2.45) is 5.73 Å². The smallest absolute Gasteiger partial charge is 0.0233 e. The molecule has 0 amide bonds. The summed E-state index contributed by atoms with van der Waals surface area (Å²) in [4.78, 5) is 2.54. The third kappa shape index (κ3) is 5.26. The van der Waals surface area contributed by atoms with E-state index in [1.54, 1.807) is 0 Å². The molecule has 4 heteroatoms. The standard InChI is InChI=1S/C13H20N2.2ClH/c14-10-12-5-4-6-13(9-12)11-15-7-2-1-3-8-15;;/h4-6,9H,1-3,7-8,10-11,14H2;2*1H. The molecular formula is C13H22Cl2N2. The SMILES string of the molecule is Cl.Cl.NCc1cccc(CN2CCCCC2)c1. The van der Waals surface area contributed by atoms with E-state index in [0.717, 1.165) is 6.54 Å². The van der Waals surface area contributed by atoms with Gasteiger partial charge in [0.15, 0.2) is 0 Å². The summed E-state index contributed by atoms with van der Waals surface area (Å²) in [6.45, 7) is 4.25. The molecule has 0 atom stereocenters. The number of nitrogens with two attached hydrogens (primary N) is 1. The Bertz CT molecular complexity index is 312. The van der Waals surface area contributed by atoms with Crippen LogP contribution in [0.3, 0.4) is 0 Å². The monoisotopic (exact) mass is 276 g/mol. The maximum absolute atomic E-state index is 5.64. The predicted molar refractivity (Wildman–Crippen MR) is 78.0 cm³/mol. The van der Waals surface area contributed by atoms with E-state index in [9.17, 15) is 0 Å². The van der Waals surface area contributed by atoms with Gasteiger partial charge in [-0.05, 0) is 37.1 Å². The molecule has 1 aliphatic heterocycles. The lowest BCUT2D eigenvalue weighted by Crippen LogP contribution is -2.29. The first kappa shape index (κ1) is 16.7. The Hall–Kier alpha value is -0.280. The summed E-state index contributed by atoms with van der Waals surface area (Å²) in [5, 5.41) is 0. The highest BCUT2D eigenvalue weighted by atomic mass is 35.5. The van der Waals surface area contributed by atoms with Gasteiger partial charge in [-0.3, -0.25) is 4.90 Å². The third-order valence-corrected chi connectivity index (χ3v) is 3.08. The Balaban J connectivity index is 0.00000128. The van der Waals surface area contributed by atoms with Crippen molar-refractivity contribution in [3.63, 3.8) is 0 Å². The maximum atomic E-state index is 5.64. The average molecular weight is 277 g/mol. The molecule has 0 unspecified atom stereocenters. The highest BCUT2D eigenvalue weighted by Gasteiger charge is 2.10. The van der Waals surface area contributed by atoms with E-state index in [1.165, 1.54) is 43.5 Å². The molecule has 1 aliphatic rings. The summed E-state index contributed by atoms with van der Waals surface area (Å²) >= 11 is 0. The van der Waals surface area contributed by atoms with Gasteiger partial charge in [-0.1, -0.05) is 30.7 Å². The molecule has 1 saturated heterocycles. The predicted octanol–water partition coefficient (Wildman–Crippen LogP) is 2.97. The molecule has 1 aromatic carbocycles. The van der Waals surface area contributed by atoms with Crippen molar-refractivity contribution in [1.29, 1.82) is 0 Å². The molecule has 17 heavy (non-hydrogen) atoms. The second-order valence-electron chi connectivity index (χ2n) is 4.36. The van der Waals surface area contributed by atoms with Crippen molar-refractivity contribution >= 4 is 24.8 Å². The van der Waals surface area contributed by atoms with Gasteiger partial charge in [-0.15, -0.1) is 24.8 Å². The zero-order valence-electron chi connectivity index (χ0n) is 10.1. The molecular weight excluding hydrogens is 255 g/mol. The van der Waals surface area contributed by atoms with Gasteiger partial charge in [0, 0.05) is 13.1 Å². The maximum Gasteiger partial charge on any atom is 0.0233 e. The minimum atomic E-state index is 0. The largest absolute Gasteiger partial charge is 0.326 e. The van der Waals surface area contributed by atoms with Gasteiger partial charge >= 0.3 is 0 Å². The van der Waals surface area contributed by atoms with E-state index in [-0.39, 0.29) is 24.8 Å². The van der Waals surface area contributed by atoms with Crippen molar-refractivity contribution in [3.05, 3.63) is 35.4 Å². The fraction of sp³-hybridized carbons (Fsp3) is 0.538.